The minimum atomic E-state index is 0.145. The Labute approximate surface area is 146 Å². The fourth-order valence-electron chi connectivity index (χ4n) is 2.78. The molecule has 0 saturated carbocycles. The monoisotopic (exact) mass is 321 g/mol. The summed E-state index contributed by atoms with van der Waals surface area (Å²) in [6.45, 7) is 6.25. The Morgan fingerprint density at radius 1 is 0.783 bits per heavy atom. The Bertz CT molecular complexity index is 280. The van der Waals surface area contributed by atoms with Crippen LogP contribution in [0, 0.1) is 12.3 Å². The van der Waals surface area contributed by atoms with E-state index in [4.69, 9.17) is 0 Å². The molecule has 0 aliphatic heterocycles. The SMILES string of the molecule is C[CH]C(C)C(=O)CCCCCCC/C=C\CCCCCCCC. The van der Waals surface area contributed by atoms with E-state index in [0.29, 0.717) is 5.78 Å². The molecule has 0 aromatic carbocycles. The lowest BCUT2D eigenvalue weighted by molar-refractivity contribution is -0.121. The first-order chi connectivity index (χ1) is 11.2. The highest BCUT2D eigenvalue weighted by Gasteiger charge is 2.09. The van der Waals surface area contributed by atoms with Crippen LogP contribution in [0.1, 0.15) is 111 Å². The number of allylic oxidation sites excluding steroid dienone is 2. The summed E-state index contributed by atoms with van der Waals surface area (Å²) in [7, 11) is 0. The van der Waals surface area contributed by atoms with Gasteiger partial charge in [0.2, 0.25) is 0 Å². The average Bonchev–Trinajstić information content (AvgIpc) is 2.57. The van der Waals surface area contributed by atoms with Crippen LogP contribution in [0.5, 0.6) is 0 Å². The zero-order valence-electron chi connectivity index (χ0n) is 16.1. The van der Waals surface area contributed by atoms with E-state index in [9.17, 15) is 4.79 Å². The van der Waals surface area contributed by atoms with Crippen molar-refractivity contribution in [2.24, 2.45) is 5.92 Å². The largest absolute Gasteiger partial charge is 0.299 e. The quantitative estimate of drug-likeness (QED) is 0.201. The molecule has 0 amide bonds. The fraction of sp³-hybridized carbons (Fsp3) is 0.818. The van der Waals surface area contributed by atoms with Gasteiger partial charge in [0.15, 0.2) is 0 Å². The Balaban J connectivity index is 3.21. The summed E-state index contributed by atoms with van der Waals surface area (Å²) >= 11 is 0. The maximum atomic E-state index is 11.7. The van der Waals surface area contributed by atoms with E-state index in [1.54, 1.807) is 0 Å². The summed E-state index contributed by atoms with van der Waals surface area (Å²) in [6.07, 6.45) is 24.5. The Kier molecular flexibility index (Phi) is 17.3. The van der Waals surface area contributed by atoms with Crippen molar-refractivity contribution in [3.05, 3.63) is 18.6 Å². The van der Waals surface area contributed by atoms with Gasteiger partial charge < -0.3 is 0 Å². The molecule has 1 nitrogen and oxygen atoms in total. The molecular formula is C22H41O. The van der Waals surface area contributed by atoms with Crippen molar-refractivity contribution in [2.45, 2.75) is 111 Å². The Morgan fingerprint density at radius 3 is 1.78 bits per heavy atom. The molecule has 0 fully saturated rings. The summed E-state index contributed by atoms with van der Waals surface area (Å²) in [6, 6.07) is 0. The molecule has 1 radical (unpaired) electrons. The summed E-state index contributed by atoms with van der Waals surface area (Å²) in [5.74, 6) is 0.553. The summed E-state index contributed by atoms with van der Waals surface area (Å²) in [4.78, 5) is 11.7. The maximum absolute atomic E-state index is 11.7. The number of ketones is 1. The lowest BCUT2D eigenvalue weighted by Gasteiger charge is -2.06. The number of hydrogen-bond acceptors (Lipinski definition) is 1. The number of unbranched alkanes of at least 4 members (excludes halogenated alkanes) is 11. The van der Waals surface area contributed by atoms with Crippen LogP contribution in [0.2, 0.25) is 0 Å². The molecule has 135 valence electrons. The summed E-state index contributed by atoms with van der Waals surface area (Å²) < 4.78 is 0. The second kappa shape index (κ2) is 17.8. The van der Waals surface area contributed by atoms with Crippen molar-refractivity contribution in [3.8, 4) is 0 Å². The van der Waals surface area contributed by atoms with E-state index in [1.807, 2.05) is 20.3 Å². The predicted molar refractivity (Wildman–Crippen MR) is 104 cm³/mol. The fourth-order valence-corrected chi connectivity index (χ4v) is 2.78. The second-order valence-electron chi connectivity index (χ2n) is 6.92. The molecule has 0 heterocycles. The van der Waals surface area contributed by atoms with E-state index in [2.05, 4.69) is 19.1 Å². The molecule has 0 rings (SSSR count). The third-order valence-corrected chi connectivity index (χ3v) is 4.69. The highest BCUT2D eigenvalue weighted by atomic mass is 16.1. The molecule has 0 bridgehead atoms. The van der Waals surface area contributed by atoms with Crippen LogP contribution >= 0.6 is 0 Å². The summed E-state index contributed by atoms with van der Waals surface area (Å²) in [5.41, 5.74) is 0. The molecule has 0 aromatic rings. The van der Waals surface area contributed by atoms with Gasteiger partial charge in [-0.2, -0.15) is 0 Å². The Hall–Kier alpha value is -0.590. The maximum Gasteiger partial charge on any atom is 0.135 e. The van der Waals surface area contributed by atoms with Crippen molar-refractivity contribution in [1.29, 1.82) is 0 Å². The standard InChI is InChI=1S/C22H41O/c1-4-6-7-8-9-10-11-12-13-14-15-16-17-18-19-20-22(23)21(3)5-2/h5,12-13,21H,4,6-11,14-20H2,1-3H3/b13-12-. The van der Waals surface area contributed by atoms with E-state index in [1.165, 1.54) is 77.0 Å². The smallest absolute Gasteiger partial charge is 0.135 e. The predicted octanol–water partition coefficient (Wildman–Crippen LogP) is 7.45. The molecule has 1 unspecified atom stereocenters. The molecule has 0 N–H and O–H groups in total. The van der Waals surface area contributed by atoms with Gasteiger partial charge in [-0.15, -0.1) is 0 Å². The number of carbonyl (C=O) groups excluding carboxylic acids is 1. The van der Waals surface area contributed by atoms with Gasteiger partial charge in [-0.3, -0.25) is 4.79 Å². The van der Waals surface area contributed by atoms with Crippen LogP contribution in [0.25, 0.3) is 0 Å². The zero-order chi connectivity index (χ0) is 17.2. The van der Waals surface area contributed by atoms with E-state index >= 15 is 0 Å². The normalized spacial score (nSPS) is 12.8. The van der Waals surface area contributed by atoms with E-state index < -0.39 is 0 Å². The topological polar surface area (TPSA) is 17.1 Å². The minimum absolute atomic E-state index is 0.145. The van der Waals surface area contributed by atoms with Gasteiger partial charge in [-0.25, -0.2) is 0 Å². The van der Waals surface area contributed by atoms with Crippen LogP contribution in [0.15, 0.2) is 12.2 Å². The highest BCUT2D eigenvalue weighted by Crippen LogP contribution is 2.12. The van der Waals surface area contributed by atoms with Gasteiger partial charge in [0.25, 0.3) is 0 Å². The van der Waals surface area contributed by atoms with Gasteiger partial charge in [0.1, 0.15) is 5.78 Å². The minimum Gasteiger partial charge on any atom is -0.299 e. The lowest BCUT2D eigenvalue weighted by atomic mass is 9.98. The Morgan fingerprint density at radius 2 is 1.26 bits per heavy atom. The van der Waals surface area contributed by atoms with Crippen molar-refractivity contribution in [3.63, 3.8) is 0 Å². The van der Waals surface area contributed by atoms with E-state index in [-0.39, 0.29) is 5.92 Å². The van der Waals surface area contributed by atoms with Crippen LogP contribution in [-0.4, -0.2) is 5.78 Å². The first-order valence-electron chi connectivity index (χ1n) is 10.2. The van der Waals surface area contributed by atoms with Crippen molar-refractivity contribution in [1.82, 2.24) is 0 Å². The average molecular weight is 322 g/mol. The zero-order valence-corrected chi connectivity index (χ0v) is 16.1. The van der Waals surface area contributed by atoms with Crippen molar-refractivity contribution < 1.29 is 4.79 Å². The second-order valence-corrected chi connectivity index (χ2v) is 6.92. The van der Waals surface area contributed by atoms with Gasteiger partial charge in [-0.05, 0) is 38.5 Å². The van der Waals surface area contributed by atoms with Gasteiger partial charge in [-0.1, -0.05) is 84.3 Å². The lowest BCUT2D eigenvalue weighted by Crippen LogP contribution is -2.09. The molecule has 23 heavy (non-hydrogen) atoms. The molecule has 0 aromatic heterocycles. The molecule has 1 heteroatoms. The number of rotatable bonds is 17. The highest BCUT2D eigenvalue weighted by molar-refractivity contribution is 5.81. The molecule has 0 saturated heterocycles. The number of hydrogen-bond donors (Lipinski definition) is 0. The van der Waals surface area contributed by atoms with E-state index in [0.717, 1.165) is 12.8 Å². The molecular weight excluding hydrogens is 280 g/mol. The van der Waals surface area contributed by atoms with Crippen LogP contribution < -0.4 is 0 Å². The van der Waals surface area contributed by atoms with Crippen molar-refractivity contribution in [2.75, 3.05) is 0 Å². The first kappa shape index (κ1) is 22.4. The third kappa shape index (κ3) is 16.1. The molecule has 1 atom stereocenters. The van der Waals surface area contributed by atoms with Crippen molar-refractivity contribution >= 4 is 5.78 Å². The van der Waals surface area contributed by atoms with Crippen LogP contribution in [0.4, 0.5) is 0 Å². The summed E-state index contributed by atoms with van der Waals surface area (Å²) in [5, 5.41) is 0. The number of Topliss-reactive ketones (excluding diaryl/α,β-unsaturated/α-hetero) is 1. The number of carbonyl (C=O) groups is 1. The van der Waals surface area contributed by atoms with Gasteiger partial charge in [0, 0.05) is 12.3 Å². The third-order valence-electron chi connectivity index (χ3n) is 4.69. The van der Waals surface area contributed by atoms with Gasteiger partial charge >= 0.3 is 0 Å². The van der Waals surface area contributed by atoms with Crippen LogP contribution in [0.3, 0.4) is 0 Å². The first-order valence-corrected chi connectivity index (χ1v) is 10.2. The van der Waals surface area contributed by atoms with Crippen LogP contribution in [-0.2, 0) is 4.79 Å². The molecule has 0 spiro atoms. The molecule has 0 aliphatic rings. The van der Waals surface area contributed by atoms with Gasteiger partial charge in [0.05, 0.1) is 0 Å². The molecule has 0 aliphatic carbocycles.